The maximum absolute atomic E-state index is 12.7. The summed E-state index contributed by atoms with van der Waals surface area (Å²) in [5.41, 5.74) is 5.38. The number of nitrogens with two attached hydrogens (primary N) is 1. The summed E-state index contributed by atoms with van der Waals surface area (Å²) < 4.78 is 33.6. The van der Waals surface area contributed by atoms with Crippen molar-refractivity contribution < 1.29 is 42.7 Å². The van der Waals surface area contributed by atoms with Crippen molar-refractivity contribution in [3.8, 4) is 0 Å². The molecule has 0 bridgehead atoms. The van der Waals surface area contributed by atoms with E-state index in [0.717, 1.165) is 51.4 Å². The van der Waals surface area contributed by atoms with E-state index in [2.05, 4.69) is 50.3 Å². The lowest BCUT2D eigenvalue weighted by Gasteiger charge is -2.20. The zero-order valence-corrected chi connectivity index (χ0v) is 44.4. The predicted molar refractivity (Wildman–Crippen MR) is 281 cm³/mol. The zero-order chi connectivity index (χ0) is 49.0. The van der Waals surface area contributed by atoms with E-state index in [0.29, 0.717) is 13.0 Å². The van der Waals surface area contributed by atoms with Crippen LogP contribution in [0.3, 0.4) is 0 Å². The third-order valence-electron chi connectivity index (χ3n) is 12.4. The van der Waals surface area contributed by atoms with Gasteiger partial charge >= 0.3 is 19.8 Å². The standard InChI is InChI=1S/C56H106NO9P/c1-3-5-7-9-11-13-15-17-19-21-23-25-27-28-30-32-34-36-38-40-42-44-46-48-55(58)66-53(51-64-67(61,62)65-52-54(57)56(59)60)50-63-49-47-45-43-41-39-37-35-33-31-29-26-24-22-20-18-16-14-12-10-8-6-4-2/h16,18,22,24,29,31,53-54H,3-15,17,19-21,23,25-28,30,32-52,57H2,1-2H3,(H,59,60)(H,61,62)/b18-16-,24-22-,31-29-. The lowest BCUT2D eigenvalue weighted by Crippen LogP contribution is -2.34. The number of carbonyl (C=O) groups is 2. The summed E-state index contributed by atoms with van der Waals surface area (Å²) in [4.78, 5) is 33.8. The molecule has 0 amide bonds. The van der Waals surface area contributed by atoms with Crippen LogP contribution < -0.4 is 5.73 Å². The molecular weight excluding hydrogens is 862 g/mol. The number of hydrogen-bond donors (Lipinski definition) is 3. The molecular formula is C56H106NO9P. The molecule has 3 atom stereocenters. The summed E-state index contributed by atoms with van der Waals surface area (Å²) in [7, 11) is -4.63. The normalized spacial score (nSPS) is 13.9. The van der Waals surface area contributed by atoms with Gasteiger partial charge in [0.15, 0.2) is 0 Å². The van der Waals surface area contributed by atoms with E-state index in [4.69, 9.17) is 29.4 Å². The number of aliphatic carboxylic acids is 1. The van der Waals surface area contributed by atoms with Crippen LogP contribution in [0, 0.1) is 0 Å². The van der Waals surface area contributed by atoms with E-state index in [-0.39, 0.29) is 13.0 Å². The fourth-order valence-corrected chi connectivity index (χ4v) is 8.86. The van der Waals surface area contributed by atoms with Crippen molar-refractivity contribution >= 4 is 19.8 Å². The first-order valence-electron chi connectivity index (χ1n) is 28.0. The Kier molecular flexibility index (Phi) is 50.6. The molecule has 0 saturated heterocycles. The summed E-state index contributed by atoms with van der Waals surface area (Å²) in [6.07, 6.45) is 62.1. The fraction of sp³-hybridized carbons (Fsp3) is 0.857. The largest absolute Gasteiger partial charge is 0.480 e. The third-order valence-corrected chi connectivity index (χ3v) is 13.4. The first kappa shape index (κ1) is 65.2. The van der Waals surface area contributed by atoms with E-state index in [1.165, 1.54) is 193 Å². The van der Waals surface area contributed by atoms with Crippen LogP contribution in [0.5, 0.6) is 0 Å². The van der Waals surface area contributed by atoms with Crippen LogP contribution in [-0.4, -0.2) is 60.5 Å². The average Bonchev–Trinajstić information content (AvgIpc) is 3.31. The molecule has 0 spiro atoms. The van der Waals surface area contributed by atoms with Crippen LogP contribution in [0.4, 0.5) is 0 Å². The molecule has 394 valence electrons. The molecule has 0 aromatic carbocycles. The molecule has 10 nitrogen and oxygen atoms in total. The maximum atomic E-state index is 12.7. The second kappa shape index (κ2) is 52.0. The van der Waals surface area contributed by atoms with Gasteiger partial charge in [-0.2, -0.15) is 0 Å². The Morgan fingerprint density at radius 1 is 0.478 bits per heavy atom. The van der Waals surface area contributed by atoms with Crippen molar-refractivity contribution in [3.05, 3.63) is 36.5 Å². The van der Waals surface area contributed by atoms with Crippen molar-refractivity contribution in [1.29, 1.82) is 0 Å². The lowest BCUT2D eigenvalue weighted by molar-refractivity contribution is -0.154. The Bertz CT molecular complexity index is 1210. The number of hydrogen-bond acceptors (Lipinski definition) is 8. The van der Waals surface area contributed by atoms with Gasteiger partial charge in [-0.1, -0.05) is 249 Å². The van der Waals surface area contributed by atoms with E-state index in [1.54, 1.807) is 0 Å². The second-order valence-electron chi connectivity index (χ2n) is 19.1. The quantitative estimate of drug-likeness (QED) is 0.0232. The Morgan fingerprint density at radius 2 is 0.821 bits per heavy atom. The molecule has 0 aromatic rings. The first-order valence-corrected chi connectivity index (χ1v) is 29.5. The lowest BCUT2D eigenvalue weighted by atomic mass is 10.0. The number of phosphoric acid groups is 1. The molecule has 0 heterocycles. The summed E-state index contributed by atoms with van der Waals surface area (Å²) in [5, 5.41) is 8.95. The highest BCUT2D eigenvalue weighted by molar-refractivity contribution is 7.47. The van der Waals surface area contributed by atoms with Crippen molar-refractivity contribution in [1.82, 2.24) is 0 Å². The van der Waals surface area contributed by atoms with Crippen molar-refractivity contribution in [2.45, 2.75) is 283 Å². The van der Waals surface area contributed by atoms with Gasteiger partial charge in [0.2, 0.25) is 0 Å². The third kappa shape index (κ3) is 51.9. The summed E-state index contributed by atoms with van der Waals surface area (Å²) in [6.45, 7) is 3.90. The molecule has 11 heteroatoms. The molecule has 0 aliphatic rings. The van der Waals surface area contributed by atoms with E-state index >= 15 is 0 Å². The van der Waals surface area contributed by atoms with Crippen LogP contribution in [0.1, 0.15) is 271 Å². The van der Waals surface area contributed by atoms with Gasteiger partial charge in [-0.25, -0.2) is 4.57 Å². The van der Waals surface area contributed by atoms with Gasteiger partial charge < -0.3 is 25.2 Å². The Morgan fingerprint density at radius 3 is 1.22 bits per heavy atom. The average molecular weight is 968 g/mol. The summed E-state index contributed by atoms with van der Waals surface area (Å²) >= 11 is 0. The van der Waals surface area contributed by atoms with Crippen molar-refractivity contribution in [2.75, 3.05) is 26.4 Å². The van der Waals surface area contributed by atoms with Gasteiger partial charge in [0.05, 0.1) is 19.8 Å². The topological polar surface area (TPSA) is 155 Å². The monoisotopic (exact) mass is 968 g/mol. The van der Waals surface area contributed by atoms with Crippen LogP contribution in [0.2, 0.25) is 0 Å². The van der Waals surface area contributed by atoms with Gasteiger partial charge in [-0.3, -0.25) is 18.6 Å². The first-order chi connectivity index (χ1) is 32.7. The van der Waals surface area contributed by atoms with Gasteiger partial charge in [0.25, 0.3) is 0 Å². The van der Waals surface area contributed by atoms with Crippen molar-refractivity contribution in [3.63, 3.8) is 0 Å². The van der Waals surface area contributed by atoms with E-state index < -0.39 is 45.1 Å². The number of carboxylic acids is 1. The number of unbranched alkanes of at least 4 members (excludes halogenated alkanes) is 34. The SMILES string of the molecule is CCCCCCC/C=C\C/C=C\C/C=C\CCCCCCCCCOCC(COP(=O)(O)OCC(N)C(=O)O)OC(=O)CCCCCCCCCCCCCCCCCCCCCCCCC. The molecule has 0 aromatic heterocycles. The molecule has 67 heavy (non-hydrogen) atoms. The number of carboxylic acid groups (broad SMARTS) is 1. The highest BCUT2D eigenvalue weighted by atomic mass is 31.2. The van der Waals surface area contributed by atoms with Crippen LogP contribution in [0.15, 0.2) is 36.5 Å². The maximum Gasteiger partial charge on any atom is 0.472 e. The number of ether oxygens (including phenoxy) is 2. The summed E-state index contributed by atoms with van der Waals surface area (Å²) in [5.74, 6) is -1.77. The Labute approximate surface area is 412 Å². The van der Waals surface area contributed by atoms with Crippen LogP contribution in [-0.2, 0) is 32.7 Å². The minimum absolute atomic E-state index is 0.0133. The predicted octanol–water partition coefficient (Wildman–Crippen LogP) is 16.8. The smallest absolute Gasteiger partial charge is 0.472 e. The molecule has 0 saturated carbocycles. The van der Waals surface area contributed by atoms with Gasteiger partial charge in [-0.05, 0) is 51.4 Å². The molecule has 3 unspecified atom stereocenters. The minimum atomic E-state index is -4.63. The number of rotatable bonds is 54. The highest BCUT2D eigenvalue weighted by Gasteiger charge is 2.27. The minimum Gasteiger partial charge on any atom is -0.480 e. The molecule has 0 fully saturated rings. The van der Waals surface area contributed by atoms with Crippen LogP contribution >= 0.6 is 7.82 Å². The van der Waals surface area contributed by atoms with Crippen LogP contribution in [0.25, 0.3) is 0 Å². The molecule has 0 aliphatic heterocycles. The zero-order valence-electron chi connectivity index (χ0n) is 43.5. The summed E-state index contributed by atoms with van der Waals surface area (Å²) in [6, 6.07) is -1.48. The number of esters is 1. The molecule has 0 rings (SSSR count). The molecule has 0 radical (unpaired) electrons. The van der Waals surface area contributed by atoms with Gasteiger partial charge in [-0.15, -0.1) is 0 Å². The molecule has 0 aliphatic carbocycles. The molecule has 4 N–H and O–H groups in total. The number of carbonyl (C=O) groups excluding carboxylic acids is 1. The van der Waals surface area contributed by atoms with Gasteiger partial charge in [0, 0.05) is 13.0 Å². The van der Waals surface area contributed by atoms with E-state index in [9.17, 15) is 19.0 Å². The Balaban J connectivity index is 4.09. The van der Waals surface area contributed by atoms with E-state index in [1.807, 2.05) is 0 Å². The second-order valence-corrected chi connectivity index (χ2v) is 20.5. The number of phosphoric ester groups is 1. The Hall–Kier alpha value is -1.81. The fourth-order valence-electron chi connectivity index (χ4n) is 8.08. The van der Waals surface area contributed by atoms with Crippen molar-refractivity contribution in [2.24, 2.45) is 5.73 Å². The van der Waals surface area contributed by atoms with Gasteiger partial charge in [0.1, 0.15) is 12.1 Å². The highest BCUT2D eigenvalue weighted by Crippen LogP contribution is 2.43. The number of allylic oxidation sites excluding steroid dienone is 6.